The Labute approximate surface area is 171 Å². The highest BCUT2D eigenvalue weighted by atomic mass is 79.9. The summed E-state index contributed by atoms with van der Waals surface area (Å²) < 4.78 is 5.56. The van der Waals surface area contributed by atoms with Crippen LogP contribution in [0.2, 0.25) is 0 Å². The van der Waals surface area contributed by atoms with Gasteiger partial charge in [0, 0.05) is 10.9 Å². The van der Waals surface area contributed by atoms with Gasteiger partial charge in [-0.05, 0) is 30.2 Å². The fourth-order valence-electron chi connectivity index (χ4n) is 2.35. The molecule has 1 aromatic carbocycles. The molecule has 1 atom stereocenters. The number of hydrogen-bond acceptors (Lipinski definition) is 7. The number of benzene rings is 1. The van der Waals surface area contributed by atoms with Gasteiger partial charge >= 0.3 is 11.9 Å². The number of phenolic OH excluding ortho intramolecular Hbond substituents is 1. The molecule has 0 spiro atoms. The first-order valence-corrected chi connectivity index (χ1v) is 9.45. The largest absolute Gasteiger partial charge is 0.504 e. The van der Waals surface area contributed by atoms with Crippen molar-refractivity contribution in [3.05, 3.63) is 27.1 Å². The average molecular weight is 476 g/mol. The third-order valence-corrected chi connectivity index (χ3v) is 5.65. The van der Waals surface area contributed by atoms with Crippen molar-refractivity contribution in [3.63, 3.8) is 0 Å². The molecular formula is C16H14BrNO7S2. The molecule has 8 nitrogen and oxygen atoms in total. The van der Waals surface area contributed by atoms with E-state index in [1.807, 2.05) is 0 Å². The molecular weight excluding hydrogens is 462 g/mol. The van der Waals surface area contributed by atoms with Crippen molar-refractivity contribution in [2.24, 2.45) is 0 Å². The predicted octanol–water partition coefficient (Wildman–Crippen LogP) is 2.68. The van der Waals surface area contributed by atoms with Crippen LogP contribution in [0.4, 0.5) is 0 Å². The lowest BCUT2D eigenvalue weighted by atomic mass is 10.1. The number of hydrogen-bond donors (Lipinski definition) is 3. The van der Waals surface area contributed by atoms with Gasteiger partial charge in [0.15, 0.2) is 11.5 Å². The highest BCUT2D eigenvalue weighted by Gasteiger charge is 2.40. The number of methoxy groups -OCH3 is 1. The van der Waals surface area contributed by atoms with E-state index in [2.05, 4.69) is 15.9 Å². The van der Waals surface area contributed by atoms with E-state index in [1.165, 1.54) is 25.3 Å². The third kappa shape index (κ3) is 4.79. The number of aromatic hydroxyl groups is 1. The van der Waals surface area contributed by atoms with E-state index in [1.54, 1.807) is 0 Å². The first-order valence-electron chi connectivity index (χ1n) is 7.43. The van der Waals surface area contributed by atoms with Crippen LogP contribution < -0.4 is 4.74 Å². The highest BCUT2D eigenvalue weighted by molar-refractivity contribution is 9.10. The highest BCUT2D eigenvalue weighted by Crippen LogP contribution is 2.38. The summed E-state index contributed by atoms with van der Waals surface area (Å²) in [6.07, 6.45) is 0.816. The second-order valence-corrected chi connectivity index (χ2v) is 7.91. The molecule has 3 N–H and O–H groups in total. The molecule has 1 amide bonds. The van der Waals surface area contributed by atoms with Crippen LogP contribution >= 0.6 is 39.9 Å². The molecule has 0 bridgehead atoms. The summed E-state index contributed by atoms with van der Waals surface area (Å²) in [5.41, 5.74) is 0.516. The van der Waals surface area contributed by atoms with Crippen LogP contribution in [-0.4, -0.2) is 55.5 Å². The minimum Gasteiger partial charge on any atom is -0.504 e. The number of phenols is 1. The first-order chi connectivity index (χ1) is 12.6. The summed E-state index contributed by atoms with van der Waals surface area (Å²) in [6, 6.07) is 1.54. The number of amides is 1. The lowest BCUT2D eigenvalue weighted by molar-refractivity contribution is -0.146. The zero-order valence-corrected chi connectivity index (χ0v) is 17.1. The molecule has 1 saturated heterocycles. The Balaban J connectivity index is 2.35. The molecule has 0 radical (unpaired) electrons. The van der Waals surface area contributed by atoms with Crippen molar-refractivity contribution in [1.29, 1.82) is 0 Å². The number of carbonyl (C=O) groups is 3. The van der Waals surface area contributed by atoms with Gasteiger partial charge < -0.3 is 20.1 Å². The fraction of sp³-hybridized carbons (Fsp3) is 0.250. The quantitative estimate of drug-likeness (QED) is 0.403. The number of carboxylic acids is 2. The van der Waals surface area contributed by atoms with Gasteiger partial charge in [-0.25, -0.2) is 4.79 Å². The zero-order chi connectivity index (χ0) is 20.3. The van der Waals surface area contributed by atoms with E-state index >= 15 is 0 Å². The van der Waals surface area contributed by atoms with Gasteiger partial charge in [-0.3, -0.25) is 14.5 Å². The van der Waals surface area contributed by atoms with E-state index in [-0.39, 0.29) is 27.1 Å². The van der Waals surface area contributed by atoms with Gasteiger partial charge in [0.05, 0.1) is 12.0 Å². The van der Waals surface area contributed by atoms with Crippen LogP contribution in [0.5, 0.6) is 11.5 Å². The molecule has 11 heteroatoms. The number of nitrogens with zero attached hydrogens (tertiary/aromatic N) is 1. The standard InChI is InChI=1S/C16H14BrNO7S2/c1-25-11-4-7(8(17)6-10(11)19)5-12-14(22)18(16(26)27-12)9(15(23)24)2-3-13(20)21/h4-6,9,19H,2-3H2,1H3,(H,20,21)(H,23,24). The maximum absolute atomic E-state index is 12.7. The molecule has 1 heterocycles. The Morgan fingerprint density at radius 3 is 2.63 bits per heavy atom. The average Bonchev–Trinajstić information content (AvgIpc) is 2.84. The maximum Gasteiger partial charge on any atom is 0.326 e. The Kier molecular flexibility index (Phi) is 6.84. The van der Waals surface area contributed by atoms with Crippen LogP contribution in [0, 0.1) is 0 Å². The summed E-state index contributed by atoms with van der Waals surface area (Å²) >= 11 is 9.32. The second kappa shape index (κ2) is 8.72. The van der Waals surface area contributed by atoms with Crippen molar-refractivity contribution in [2.45, 2.75) is 18.9 Å². The van der Waals surface area contributed by atoms with Crippen LogP contribution in [0.1, 0.15) is 18.4 Å². The minimum absolute atomic E-state index is 0.0332. The molecule has 2 rings (SSSR count). The number of ether oxygens (including phenoxy) is 1. The van der Waals surface area contributed by atoms with Crippen molar-refractivity contribution < 1.29 is 34.4 Å². The molecule has 27 heavy (non-hydrogen) atoms. The summed E-state index contributed by atoms with van der Waals surface area (Å²) in [6.45, 7) is 0. The monoisotopic (exact) mass is 475 g/mol. The molecule has 1 unspecified atom stereocenters. The number of halogens is 1. The van der Waals surface area contributed by atoms with Gasteiger partial charge in [0.2, 0.25) is 0 Å². The molecule has 1 aliphatic rings. The van der Waals surface area contributed by atoms with Crippen molar-refractivity contribution in [1.82, 2.24) is 4.90 Å². The Bertz CT molecular complexity index is 855. The van der Waals surface area contributed by atoms with Crippen LogP contribution in [0.3, 0.4) is 0 Å². The molecule has 144 valence electrons. The van der Waals surface area contributed by atoms with E-state index in [4.69, 9.17) is 22.1 Å². The van der Waals surface area contributed by atoms with Crippen molar-refractivity contribution in [3.8, 4) is 11.5 Å². The number of rotatable bonds is 7. The number of aliphatic carboxylic acids is 2. The van der Waals surface area contributed by atoms with Gasteiger partial charge in [-0.1, -0.05) is 39.9 Å². The maximum atomic E-state index is 12.7. The van der Waals surface area contributed by atoms with Crippen molar-refractivity contribution >= 4 is 68.2 Å². The number of carboxylic acid groups (broad SMARTS) is 2. The van der Waals surface area contributed by atoms with E-state index in [0.29, 0.717) is 10.0 Å². The third-order valence-electron chi connectivity index (χ3n) is 3.64. The molecule has 0 aliphatic carbocycles. The number of thiocarbonyl (C=S) groups is 1. The Hall–Kier alpha value is -2.11. The molecule has 1 aliphatic heterocycles. The van der Waals surface area contributed by atoms with Crippen LogP contribution in [0.25, 0.3) is 6.08 Å². The SMILES string of the molecule is COc1cc(C=C2SC(=S)N(C(CCC(=O)O)C(=O)O)C2=O)c(Br)cc1O. The minimum atomic E-state index is -1.36. The van der Waals surface area contributed by atoms with Crippen molar-refractivity contribution in [2.75, 3.05) is 7.11 Å². The van der Waals surface area contributed by atoms with E-state index in [0.717, 1.165) is 16.7 Å². The fourth-order valence-corrected chi connectivity index (χ4v) is 4.14. The molecule has 1 fully saturated rings. The van der Waals surface area contributed by atoms with Gasteiger partial charge in [-0.2, -0.15) is 0 Å². The van der Waals surface area contributed by atoms with Crippen LogP contribution in [0.15, 0.2) is 21.5 Å². The molecule has 1 aromatic rings. The summed E-state index contributed by atoms with van der Waals surface area (Å²) in [4.78, 5) is 36.0. The number of thioether (sulfide) groups is 1. The molecule has 0 saturated carbocycles. The van der Waals surface area contributed by atoms with Gasteiger partial charge in [0.1, 0.15) is 10.4 Å². The van der Waals surface area contributed by atoms with E-state index < -0.39 is 30.3 Å². The normalized spacial score (nSPS) is 16.7. The first kappa shape index (κ1) is 21.2. The lowest BCUT2D eigenvalue weighted by Crippen LogP contribution is -2.44. The summed E-state index contributed by atoms with van der Waals surface area (Å²) in [5, 5.41) is 27.9. The summed E-state index contributed by atoms with van der Waals surface area (Å²) in [5.74, 6) is -3.01. The summed E-state index contributed by atoms with van der Waals surface area (Å²) in [7, 11) is 1.38. The predicted molar refractivity (Wildman–Crippen MR) is 106 cm³/mol. The Morgan fingerprint density at radius 2 is 2.07 bits per heavy atom. The van der Waals surface area contributed by atoms with Gasteiger partial charge in [0.25, 0.3) is 5.91 Å². The zero-order valence-electron chi connectivity index (χ0n) is 13.8. The van der Waals surface area contributed by atoms with E-state index in [9.17, 15) is 24.6 Å². The molecule has 0 aromatic heterocycles. The Morgan fingerprint density at radius 1 is 1.41 bits per heavy atom. The second-order valence-electron chi connectivity index (χ2n) is 5.38. The lowest BCUT2D eigenvalue weighted by Gasteiger charge is -2.22. The number of carbonyl (C=O) groups excluding carboxylic acids is 1. The smallest absolute Gasteiger partial charge is 0.326 e. The topological polar surface area (TPSA) is 124 Å². The van der Waals surface area contributed by atoms with Crippen LogP contribution in [-0.2, 0) is 14.4 Å². The van der Waals surface area contributed by atoms with Gasteiger partial charge in [-0.15, -0.1) is 0 Å².